The van der Waals surface area contributed by atoms with Crippen molar-refractivity contribution in [1.29, 1.82) is 0 Å². The van der Waals surface area contributed by atoms with Gasteiger partial charge < -0.3 is 20.1 Å². The van der Waals surface area contributed by atoms with Gasteiger partial charge in [-0.25, -0.2) is 9.59 Å². The molecule has 3 aromatic rings. The number of fused-ring (bicyclic) bond motifs is 2. The lowest BCUT2D eigenvalue weighted by Gasteiger charge is -2.37. The first-order valence-corrected chi connectivity index (χ1v) is 11.3. The van der Waals surface area contributed by atoms with Gasteiger partial charge in [0.15, 0.2) is 0 Å². The van der Waals surface area contributed by atoms with Gasteiger partial charge in [-0.3, -0.25) is 9.69 Å². The summed E-state index contributed by atoms with van der Waals surface area (Å²) >= 11 is 0. The summed E-state index contributed by atoms with van der Waals surface area (Å²) in [6.45, 7) is 5.50. The largest absolute Gasteiger partial charge is 0.480 e. The second-order valence-corrected chi connectivity index (χ2v) is 9.56. The summed E-state index contributed by atoms with van der Waals surface area (Å²) < 4.78 is 5.55. The van der Waals surface area contributed by atoms with Gasteiger partial charge >= 0.3 is 12.1 Å². The van der Waals surface area contributed by atoms with Crippen molar-refractivity contribution in [1.82, 2.24) is 15.2 Å². The van der Waals surface area contributed by atoms with E-state index >= 15 is 0 Å². The summed E-state index contributed by atoms with van der Waals surface area (Å²) in [5.74, 6) is -1.66. The van der Waals surface area contributed by atoms with Gasteiger partial charge in [-0.15, -0.1) is 0 Å². The average molecular weight is 464 g/mol. The fourth-order valence-electron chi connectivity index (χ4n) is 4.26. The monoisotopic (exact) mass is 463 g/mol. The van der Waals surface area contributed by atoms with Gasteiger partial charge in [0.05, 0.1) is 6.54 Å². The Bertz CT molecular complexity index is 1230. The van der Waals surface area contributed by atoms with Crippen LogP contribution < -0.4 is 5.32 Å². The van der Waals surface area contributed by atoms with E-state index in [4.69, 9.17) is 4.74 Å². The van der Waals surface area contributed by atoms with E-state index in [1.807, 2.05) is 48.5 Å². The molecule has 0 aliphatic carbocycles. The first-order valence-electron chi connectivity index (χ1n) is 11.3. The smallest absolute Gasteiger partial charge is 0.411 e. The molecule has 2 amide bonds. The Morgan fingerprint density at radius 2 is 1.79 bits per heavy atom. The molecule has 2 heterocycles. The minimum Gasteiger partial charge on any atom is -0.480 e. The van der Waals surface area contributed by atoms with E-state index in [2.05, 4.69) is 10.3 Å². The lowest BCUT2D eigenvalue weighted by molar-refractivity contribution is -0.142. The Hall–Kier alpha value is -3.81. The molecule has 0 fully saturated rings. The number of aromatic amines is 1. The highest BCUT2D eigenvalue weighted by Crippen LogP contribution is 2.26. The van der Waals surface area contributed by atoms with Gasteiger partial charge in [-0.05, 0) is 43.5 Å². The van der Waals surface area contributed by atoms with Crippen molar-refractivity contribution in [3.8, 4) is 0 Å². The van der Waals surface area contributed by atoms with E-state index < -0.39 is 35.7 Å². The molecule has 1 aromatic heterocycles. The summed E-state index contributed by atoms with van der Waals surface area (Å²) in [5.41, 5.74) is 2.85. The highest BCUT2D eigenvalue weighted by Gasteiger charge is 2.38. The highest BCUT2D eigenvalue weighted by atomic mass is 16.6. The number of carbonyl (C=O) groups is 3. The Morgan fingerprint density at radius 1 is 1.12 bits per heavy atom. The molecule has 2 atom stereocenters. The van der Waals surface area contributed by atoms with Crippen molar-refractivity contribution in [2.24, 2.45) is 0 Å². The average Bonchev–Trinajstić information content (AvgIpc) is 3.19. The number of amides is 2. The van der Waals surface area contributed by atoms with Crippen molar-refractivity contribution in [2.45, 2.75) is 57.8 Å². The fourth-order valence-corrected chi connectivity index (χ4v) is 4.26. The zero-order valence-electron chi connectivity index (χ0n) is 19.5. The van der Waals surface area contributed by atoms with E-state index in [0.29, 0.717) is 0 Å². The van der Waals surface area contributed by atoms with Gasteiger partial charge in [0, 0.05) is 29.9 Å². The van der Waals surface area contributed by atoms with Crippen LogP contribution in [0, 0.1) is 0 Å². The normalized spacial score (nSPS) is 16.6. The molecule has 0 saturated heterocycles. The Labute approximate surface area is 197 Å². The van der Waals surface area contributed by atoms with Gasteiger partial charge in [-0.1, -0.05) is 42.5 Å². The quantitative estimate of drug-likeness (QED) is 0.535. The maximum Gasteiger partial charge on any atom is 0.411 e. The molecule has 0 radical (unpaired) electrons. The summed E-state index contributed by atoms with van der Waals surface area (Å²) in [6, 6.07) is 13.2. The van der Waals surface area contributed by atoms with Gasteiger partial charge in [0.25, 0.3) is 0 Å². The number of aromatic nitrogens is 1. The van der Waals surface area contributed by atoms with E-state index in [9.17, 15) is 19.5 Å². The van der Waals surface area contributed by atoms with Crippen molar-refractivity contribution in [2.75, 3.05) is 0 Å². The molecule has 0 bridgehead atoms. The molecule has 2 aromatic carbocycles. The van der Waals surface area contributed by atoms with E-state index in [0.717, 1.165) is 27.6 Å². The van der Waals surface area contributed by atoms with E-state index in [-0.39, 0.29) is 19.4 Å². The number of rotatable bonds is 5. The van der Waals surface area contributed by atoms with Gasteiger partial charge in [-0.2, -0.15) is 0 Å². The predicted octanol–water partition coefficient (Wildman–Crippen LogP) is 3.64. The van der Waals surface area contributed by atoms with Crippen LogP contribution in [0.2, 0.25) is 0 Å². The standard InChI is InChI=1S/C26H29N3O5/c1-26(2,3)34-25(33)29-15-17-9-5-4-8-16(17)13-22(29)23(30)28-21(24(31)32)12-18-14-27-20-11-7-6-10-19(18)20/h4-11,14,21-22,27H,12-13,15H2,1-3H3,(H,28,30)(H,31,32)/t21-,22-/m0/s1. The van der Waals surface area contributed by atoms with Crippen LogP contribution in [0.25, 0.3) is 10.9 Å². The molecule has 178 valence electrons. The van der Waals surface area contributed by atoms with Crippen LogP contribution in [0.1, 0.15) is 37.5 Å². The fraction of sp³-hybridized carbons (Fsp3) is 0.346. The molecule has 8 nitrogen and oxygen atoms in total. The van der Waals surface area contributed by atoms with Gasteiger partial charge in [0.1, 0.15) is 17.7 Å². The second kappa shape index (κ2) is 9.21. The van der Waals surface area contributed by atoms with Crippen molar-refractivity contribution in [3.05, 3.63) is 71.4 Å². The number of H-pyrrole nitrogens is 1. The molecule has 3 N–H and O–H groups in total. The summed E-state index contributed by atoms with van der Waals surface area (Å²) in [7, 11) is 0. The topological polar surface area (TPSA) is 112 Å². The number of carbonyl (C=O) groups excluding carboxylic acids is 2. The number of hydrogen-bond acceptors (Lipinski definition) is 4. The number of carboxylic acids is 1. The second-order valence-electron chi connectivity index (χ2n) is 9.56. The molecule has 8 heteroatoms. The van der Waals surface area contributed by atoms with Crippen LogP contribution in [0.4, 0.5) is 4.79 Å². The number of hydrogen-bond donors (Lipinski definition) is 3. The van der Waals surface area contributed by atoms with Crippen molar-refractivity contribution in [3.63, 3.8) is 0 Å². The highest BCUT2D eigenvalue weighted by molar-refractivity contribution is 5.91. The first kappa shape index (κ1) is 23.4. The van der Waals surface area contributed by atoms with Crippen molar-refractivity contribution < 1.29 is 24.2 Å². The Kier molecular flexibility index (Phi) is 6.32. The lowest BCUT2D eigenvalue weighted by Crippen LogP contribution is -2.56. The zero-order chi connectivity index (χ0) is 24.5. The van der Waals surface area contributed by atoms with Crippen LogP contribution >= 0.6 is 0 Å². The third-order valence-corrected chi connectivity index (χ3v) is 5.89. The Morgan fingerprint density at radius 3 is 2.50 bits per heavy atom. The number of ether oxygens (including phenoxy) is 1. The van der Waals surface area contributed by atoms with Crippen LogP contribution in [0.15, 0.2) is 54.7 Å². The first-order chi connectivity index (χ1) is 16.1. The number of aliphatic carboxylic acids is 1. The lowest BCUT2D eigenvalue weighted by atomic mass is 9.93. The summed E-state index contributed by atoms with van der Waals surface area (Å²) in [5, 5.41) is 13.4. The SMILES string of the molecule is CC(C)(C)OC(=O)N1Cc2ccccc2C[C@H]1C(=O)N[C@@H](Cc1c[nH]c2ccccc12)C(=O)O. The number of para-hydroxylation sites is 1. The maximum absolute atomic E-state index is 13.4. The predicted molar refractivity (Wildman–Crippen MR) is 127 cm³/mol. The van der Waals surface area contributed by atoms with Crippen molar-refractivity contribution >= 4 is 28.9 Å². The molecule has 4 rings (SSSR count). The molecule has 34 heavy (non-hydrogen) atoms. The summed E-state index contributed by atoms with van der Waals surface area (Å²) in [6.07, 6.45) is 1.55. The number of nitrogens with one attached hydrogen (secondary N) is 2. The molecule has 0 saturated carbocycles. The minimum absolute atomic E-state index is 0.112. The van der Waals surface area contributed by atoms with E-state index in [1.165, 1.54) is 4.90 Å². The zero-order valence-corrected chi connectivity index (χ0v) is 19.5. The molecule has 0 spiro atoms. The number of carboxylic acid groups (broad SMARTS) is 1. The summed E-state index contributed by atoms with van der Waals surface area (Å²) in [4.78, 5) is 42.9. The number of nitrogens with zero attached hydrogens (tertiary/aromatic N) is 1. The van der Waals surface area contributed by atoms with E-state index in [1.54, 1.807) is 27.0 Å². The van der Waals surface area contributed by atoms with Gasteiger partial charge in [0.2, 0.25) is 5.91 Å². The number of benzene rings is 2. The molecule has 1 aliphatic rings. The van der Waals surface area contributed by atoms with Crippen LogP contribution in [0.5, 0.6) is 0 Å². The Balaban J connectivity index is 1.57. The minimum atomic E-state index is -1.15. The third-order valence-electron chi connectivity index (χ3n) is 5.89. The van der Waals surface area contributed by atoms with Crippen LogP contribution in [-0.2, 0) is 33.7 Å². The molecular formula is C26H29N3O5. The molecule has 1 aliphatic heterocycles. The molecule has 0 unspecified atom stereocenters. The maximum atomic E-state index is 13.4. The third kappa shape index (κ3) is 5.06. The molecular weight excluding hydrogens is 434 g/mol. The van der Waals surface area contributed by atoms with Crippen LogP contribution in [-0.4, -0.2) is 50.6 Å². The van der Waals surface area contributed by atoms with Crippen LogP contribution in [0.3, 0.4) is 0 Å².